The van der Waals surface area contributed by atoms with E-state index in [2.05, 4.69) is 36.3 Å². The third kappa shape index (κ3) is 11.0. The molecule has 0 fully saturated rings. The molecule has 7 heteroatoms. The monoisotopic (exact) mass is 284 g/mol. The summed E-state index contributed by atoms with van der Waals surface area (Å²) in [6, 6.07) is 7.55. The second-order valence-corrected chi connectivity index (χ2v) is 3.43. The Hall–Kier alpha value is 0.496. The smallest absolute Gasteiger partial charge is 1.00 e. The predicted molar refractivity (Wildman–Crippen MR) is 68.9 cm³/mol. The molecule has 3 N–H and O–H groups in total. The molecule has 2 amide bonds. The van der Waals surface area contributed by atoms with Gasteiger partial charge in [0.1, 0.15) is 0 Å². The van der Waals surface area contributed by atoms with Gasteiger partial charge in [-0.2, -0.15) is 0 Å². The number of thiol groups is 2. The van der Waals surface area contributed by atoms with E-state index < -0.39 is 5.24 Å². The fraction of sp³-hybridized carbons (Fsp3) is 0.111. The van der Waals surface area contributed by atoms with Gasteiger partial charge in [-0.05, 0) is 18.6 Å². The van der Waals surface area contributed by atoms with E-state index in [9.17, 15) is 4.79 Å². The number of carbonyl (C=O) groups is 2. The summed E-state index contributed by atoms with van der Waals surface area (Å²) in [6.45, 7) is 1.93. The first kappa shape index (κ1) is 18.9. The molecule has 16 heavy (non-hydrogen) atoms. The first-order valence-electron chi connectivity index (χ1n) is 3.97. The van der Waals surface area contributed by atoms with Crippen molar-refractivity contribution in [2.24, 2.45) is 5.73 Å². The molecule has 1 aromatic carbocycles. The largest absolute Gasteiger partial charge is 1.00 e. The summed E-state index contributed by atoms with van der Waals surface area (Å²) in [5.41, 5.74) is 6.19. The number of benzene rings is 1. The molecule has 0 saturated heterocycles. The summed E-state index contributed by atoms with van der Waals surface area (Å²) in [5.74, 6) is 0. The van der Waals surface area contributed by atoms with E-state index in [1.54, 1.807) is 0 Å². The van der Waals surface area contributed by atoms with Crippen molar-refractivity contribution in [2.75, 3.05) is 5.32 Å². The van der Waals surface area contributed by atoms with Crippen LogP contribution >= 0.6 is 25.3 Å². The minimum atomic E-state index is -0.639. The maximum Gasteiger partial charge on any atom is 1.00 e. The second kappa shape index (κ2) is 10.6. The maximum atomic E-state index is 10.5. The normalized spacial score (nSPS) is 7.94. The number of rotatable bonds is 1. The van der Waals surface area contributed by atoms with Crippen LogP contribution in [-0.4, -0.2) is 10.5 Å². The van der Waals surface area contributed by atoms with Crippen LogP contribution in [0.3, 0.4) is 0 Å². The molecule has 4 nitrogen and oxygen atoms in total. The van der Waals surface area contributed by atoms with E-state index in [0.717, 1.165) is 11.3 Å². The number of para-hydroxylation sites is 1. The molecular weight excluding hydrogens is 271 g/mol. The Morgan fingerprint density at radius 2 is 1.75 bits per heavy atom. The number of nitrogens with one attached hydrogen (secondary N) is 1. The number of anilines is 1. The molecule has 1 aromatic rings. The van der Waals surface area contributed by atoms with Gasteiger partial charge in [-0.25, -0.2) is 0 Å². The standard InChI is InChI=1S/C8H9NOS.CH3NOS.K.H/c1-6-4-2-3-5-7(6)9-8(10)11;2-1(3)4;;/h2-5H,1H3,(H2,9,10,11);(H3,2,3,4);;/q;;+1;-1. The van der Waals surface area contributed by atoms with E-state index >= 15 is 0 Å². The van der Waals surface area contributed by atoms with Gasteiger partial charge in [-0.1, -0.05) is 43.5 Å². The predicted octanol–water partition coefficient (Wildman–Crippen LogP) is -0.432. The van der Waals surface area contributed by atoms with Gasteiger partial charge < -0.3 is 12.5 Å². The first-order chi connectivity index (χ1) is 6.93. The van der Waals surface area contributed by atoms with Gasteiger partial charge in [0.2, 0.25) is 0 Å². The van der Waals surface area contributed by atoms with Crippen LogP contribution in [-0.2, 0) is 0 Å². The van der Waals surface area contributed by atoms with Gasteiger partial charge in [0.25, 0.3) is 10.5 Å². The zero-order valence-electron chi connectivity index (χ0n) is 10.1. The number of aryl methyl sites for hydroxylation is 1. The molecule has 1 rings (SSSR count). The van der Waals surface area contributed by atoms with Gasteiger partial charge in [0.05, 0.1) is 0 Å². The van der Waals surface area contributed by atoms with Crippen LogP contribution in [0.2, 0.25) is 0 Å². The third-order valence-electron chi connectivity index (χ3n) is 1.39. The quantitative estimate of drug-likeness (QED) is 0.417. The van der Waals surface area contributed by atoms with Crippen LogP contribution in [0, 0.1) is 6.92 Å². The summed E-state index contributed by atoms with van der Waals surface area (Å²) < 4.78 is 0. The van der Waals surface area contributed by atoms with E-state index in [0.29, 0.717) is 0 Å². The molecule has 0 aliphatic carbocycles. The number of primary amides is 1. The van der Waals surface area contributed by atoms with Crippen molar-refractivity contribution in [3.63, 3.8) is 0 Å². The van der Waals surface area contributed by atoms with Crippen LogP contribution in [0.5, 0.6) is 0 Å². The second-order valence-electron chi connectivity index (χ2n) is 2.58. The van der Waals surface area contributed by atoms with Gasteiger partial charge in [-0.3, -0.25) is 9.59 Å². The van der Waals surface area contributed by atoms with Crippen molar-refractivity contribution in [1.82, 2.24) is 0 Å². The van der Waals surface area contributed by atoms with Crippen LogP contribution in [0.1, 0.15) is 6.99 Å². The van der Waals surface area contributed by atoms with E-state index in [1.807, 2.05) is 31.2 Å². The molecule has 0 aliphatic rings. The summed E-state index contributed by atoms with van der Waals surface area (Å²) in [7, 11) is 0. The molecule has 84 valence electrons. The average molecular weight is 284 g/mol. The van der Waals surface area contributed by atoms with Crippen molar-refractivity contribution in [3.8, 4) is 0 Å². The molecule has 0 spiro atoms. The molecule has 0 saturated carbocycles. The third-order valence-corrected chi connectivity index (χ3v) is 1.50. The topological polar surface area (TPSA) is 72.2 Å². The number of hydrogen-bond donors (Lipinski definition) is 4. The number of carbonyl (C=O) groups excluding carboxylic acids is 2. The minimum Gasteiger partial charge on any atom is -1.00 e. The fourth-order valence-electron chi connectivity index (χ4n) is 0.828. The number of amides is 2. The Bertz CT molecular complexity index is 363. The van der Waals surface area contributed by atoms with E-state index in [4.69, 9.17) is 4.79 Å². The van der Waals surface area contributed by atoms with E-state index in [1.165, 1.54) is 0 Å². The summed E-state index contributed by atoms with van der Waals surface area (Å²) in [5, 5.41) is 1.63. The zero-order valence-corrected chi connectivity index (χ0v) is 14.0. The van der Waals surface area contributed by atoms with Gasteiger partial charge in [0, 0.05) is 5.69 Å². The molecule has 0 heterocycles. The molecular formula is C9H13KN2O2S2. The van der Waals surface area contributed by atoms with Gasteiger partial charge in [-0.15, -0.1) is 0 Å². The summed E-state index contributed by atoms with van der Waals surface area (Å²) >= 11 is 6.71. The Morgan fingerprint density at radius 3 is 2.12 bits per heavy atom. The molecule has 0 aliphatic heterocycles. The van der Waals surface area contributed by atoms with Crippen molar-refractivity contribution < 1.29 is 62.4 Å². The first-order valence-corrected chi connectivity index (χ1v) is 4.87. The van der Waals surface area contributed by atoms with E-state index in [-0.39, 0.29) is 58.1 Å². The molecule has 0 bridgehead atoms. The minimum absolute atomic E-state index is 0. The van der Waals surface area contributed by atoms with Crippen LogP contribution < -0.4 is 62.4 Å². The van der Waals surface area contributed by atoms with Crippen LogP contribution in [0.4, 0.5) is 15.3 Å². The average Bonchev–Trinajstić information content (AvgIpc) is 2.07. The van der Waals surface area contributed by atoms with Crippen molar-refractivity contribution >= 4 is 41.4 Å². The van der Waals surface area contributed by atoms with Crippen LogP contribution in [0.25, 0.3) is 0 Å². The number of nitrogens with two attached hydrogens (primary N) is 1. The Labute approximate surface area is 149 Å². The SMILES string of the molecule is Cc1ccccc1NC(=O)S.NC(=O)S.[H-].[K+]. The maximum absolute atomic E-state index is 10.5. The molecule has 0 unspecified atom stereocenters. The summed E-state index contributed by atoms with van der Waals surface area (Å²) in [6.07, 6.45) is 0. The van der Waals surface area contributed by atoms with Crippen molar-refractivity contribution in [1.29, 1.82) is 0 Å². The molecule has 0 radical (unpaired) electrons. The van der Waals surface area contributed by atoms with Crippen molar-refractivity contribution in [2.45, 2.75) is 6.92 Å². The van der Waals surface area contributed by atoms with Gasteiger partial charge >= 0.3 is 51.4 Å². The Kier molecular flexibility index (Phi) is 12.5. The number of hydrogen-bond acceptors (Lipinski definition) is 2. The van der Waals surface area contributed by atoms with Crippen LogP contribution in [0.15, 0.2) is 24.3 Å². The van der Waals surface area contributed by atoms with Gasteiger partial charge in [0.15, 0.2) is 0 Å². The van der Waals surface area contributed by atoms with Crippen molar-refractivity contribution in [3.05, 3.63) is 29.8 Å². The Morgan fingerprint density at radius 1 is 1.31 bits per heavy atom. The zero-order chi connectivity index (χ0) is 11.8. The molecule has 0 atom stereocenters. The summed E-state index contributed by atoms with van der Waals surface area (Å²) in [4.78, 5) is 19.6. The fourth-order valence-corrected chi connectivity index (χ4v) is 0.949. The Balaban J connectivity index is -0.000000289. The molecule has 0 aromatic heterocycles.